The number of fused-ring (bicyclic) bond motifs is 3. The zero-order valence-corrected chi connectivity index (χ0v) is 18.3. The van der Waals surface area contributed by atoms with E-state index in [9.17, 15) is 4.79 Å². The first kappa shape index (κ1) is 22.9. The van der Waals surface area contributed by atoms with Crippen molar-refractivity contribution in [3.8, 4) is 5.75 Å². The van der Waals surface area contributed by atoms with Gasteiger partial charge in [-0.25, -0.2) is 14.8 Å². The molecule has 33 heavy (non-hydrogen) atoms. The number of ether oxygens (including phenoxy) is 2. The standard InChI is InChI=1S/C23H26N6O3.CH4/c1-31-18-5-3-16(4-6-18)14-28-21-20(22-25-15-26-29(22)23(28)30)11-17(12-24-21)13-27-9-7-19(32-2)8-10-27;/h3-6,11-12,15,19H,7-10,13-14H2,1-2H3;1H4. The number of hydrogen-bond acceptors (Lipinski definition) is 7. The summed E-state index contributed by atoms with van der Waals surface area (Å²) in [4.78, 5) is 24.6. The predicted molar refractivity (Wildman–Crippen MR) is 127 cm³/mol. The van der Waals surface area contributed by atoms with Gasteiger partial charge in [0.25, 0.3) is 0 Å². The zero-order valence-electron chi connectivity index (χ0n) is 18.3. The molecule has 9 nitrogen and oxygen atoms in total. The summed E-state index contributed by atoms with van der Waals surface area (Å²) in [5.41, 5.74) is 2.94. The molecule has 174 valence electrons. The van der Waals surface area contributed by atoms with Crippen LogP contribution in [0.15, 0.2) is 47.7 Å². The van der Waals surface area contributed by atoms with Crippen LogP contribution in [0.5, 0.6) is 5.75 Å². The Hall–Kier alpha value is -3.30. The average Bonchev–Trinajstić information content (AvgIpc) is 3.33. The van der Waals surface area contributed by atoms with Crippen molar-refractivity contribution in [3.05, 3.63) is 64.5 Å². The van der Waals surface area contributed by atoms with Gasteiger partial charge in [-0.05, 0) is 42.2 Å². The molecule has 0 bridgehead atoms. The van der Waals surface area contributed by atoms with Gasteiger partial charge >= 0.3 is 5.69 Å². The summed E-state index contributed by atoms with van der Waals surface area (Å²) in [6.07, 6.45) is 5.70. The molecule has 0 aliphatic carbocycles. The molecule has 0 spiro atoms. The lowest BCUT2D eigenvalue weighted by Gasteiger charge is -2.31. The van der Waals surface area contributed by atoms with Crippen molar-refractivity contribution in [1.82, 2.24) is 29.0 Å². The molecule has 0 atom stereocenters. The second-order valence-electron chi connectivity index (χ2n) is 8.14. The van der Waals surface area contributed by atoms with Crippen LogP contribution in [0.25, 0.3) is 16.7 Å². The van der Waals surface area contributed by atoms with Gasteiger partial charge in [0, 0.05) is 32.9 Å². The Morgan fingerprint density at radius 2 is 1.76 bits per heavy atom. The van der Waals surface area contributed by atoms with E-state index in [4.69, 9.17) is 14.5 Å². The maximum atomic E-state index is 13.1. The summed E-state index contributed by atoms with van der Waals surface area (Å²) >= 11 is 0. The number of piperidine rings is 1. The largest absolute Gasteiger partial charge is 0.497 e. The van der Waals surface area contributed by atoms with Gasteiger partial charge < -0.3 is 9.47 Å². The molecular weight excluding hydrogens is 420 g/mol. The molecular formula is C24H30N6O3. The second-order valence-corrected chi connectivity index (χ2v) is 8.14. The van der Waals surface area contributed by atoms with Crippen LogP contribution in [-0.2, 0) is 17.8 Å². The molecule has 1 aliphatic rings. The van der Waals surface area contributed by atoms with E-state index in [1.165, 1.54) is 10.8 Å². The van der Waals surface area contributed by atoms with E-state index in [1.807, 2.05) is 30.5 Å². The lowest BCUT2D eigenvalue weighted by molar-refractivity contribution is 0.0388. The molecule has 3 aromatic heterocycles. The van der Waals surface area contributed by atoms with E-state index in [-0.39, 0.29) is 13.1 Å². The molecule has 0 amide bonds. The van der Waals surface area contributed by atoms with Crippen molar-refractivity contribution in [1.29, 1.82) is 0 Å². The van der Waals surface area contributed by atoms with Crippen LogP contribution in [0, 0.1) is 0 Å². The Bertz CT molecular complexity index is 1290. The van der Waals surface area contributed by atoms with Gasteiger partial charge in [0.15, 0.2) is 5.65 Å². The van der Waals surface area contributed by atoms with Gasteiger partial charge in [0.05, 0.1) is 25.1 Å². The third-order valence-electron chi connectivity index (χ3n) is 6.15. The van der Waals surface area contributed by atoms with Crippen molar-refractivity contribution in [2.45, 2.75) is 39.5 Å². The highest BCUT2D eigenvalue weighted by atomic mass is 16.5. The van der Waals surface area contributed by atoms with E-state index in [0.29, 0.717) is 23.9 Å². The zero-order chi connectivity index (χ0) is 22.1. The van der Waals surface area contributed by atoms with Gasteiger partial charge in [-0.15, -0.1) is 0 Å². The lowest BCUT2D eigenvalue weighted by Crippen LogP contribution is -2.36. The van der Waals surface area contributed by atoms with E-state index >= 15 is 0 Å². The van der Waals surface area contributed by atoms with E-state index in [0.717, 1.165) is 54.7 Å². The van der Waals surface area contributed by atoms with Gasteiger partial charge in [-0.3, -0.25) is 9.47 Å². The van der Waals surface area contributed by atoms with Crippen molar-refractivity contribution < 1.29 is 9.47 Å². The predicted octanol–water partition coefficient (Wildman–Crippen LogP) is 2.74. The smallest absolute Gasteiger partial charge is 0.352 e. The van der Waals surface area contributed by atoms with Crippen LogP contribution in [0.1, 0.15) is 31.4 Å². The highest BCUT2D eigenvalue weighted by Gasteiger charge is 2.20. The fraction of sp³-hybridized carbons (Fsp3) is 0.417. The quantitative estimate of drug-likeness (QED) is 0.446. The number of likely N-dealkylation sites (tertiary alicyclic amines) is 1. The summed E-state index contributed by atoms with van der Waals surface area (Å²) in [5.74, 6) is 0.773. The lowest BCUT2D eigenvalue weighted by atomic mass is 10.1. The van der Waals surface area contributed by atoms with E-state index in [1.54, 1.807) is 18.8 Å². The number of nitrogens with zero attached hydrogens (tertiary/aromatic N) is 6. The maximum absolute atomic E-state index is 13.1. The molecule has 1 aromatic carbocycles. The van der Waals surface area contributed by atoms with Crippen LogP contribution in [-0.4, -0.2) is 62.5 Å². The van der Waals surface area contributed by atoms with Gasteiger partial charge in [0.2, 0.25) is 0 Å². The topological polar surface area (TPSA) is 86.8 Å². The molecule has 1 aliphatic heterocycles. The summed E-state index contributed by atoms with van der Waals surface area (Å²) in [6, 6.07) is 9.74. The highest BCUT2D eigenvalue weighted by Crippen LogP contribution is 2.21. The molecule has 1 fully saturated rings. The molecule has 0 N–H and O–H groups in total. The third kappa shape index (κ3) is 4.46. The van der Waals surface area contributed by atoms with Crippen molar-refractivity contribution >= 4 is 16.7 Å². The van der Waals surface area contributed by atoms with Crippen LogP contribution in [0.3, 0.4) is 0 Å². The minimum absolute atomic E-state index is 0. The maximum Gasteiger partial charge on any atom is 0.352 e. The fourth-order valence-corrected chi connectivity index (χ4v) is 4.35. The Morgan fingerprint density at radius 3 is 2.45 bits per heavy atom. The minimum Gasteiger partial charge on any atom is -0.497 e. The summed E-state index contributed by atoms with van der Waals surface area (Å²) in [7, 11) is 3.41. The number of methoxy groups -OCH3 is 2. The Labute approximate surface area is 192 Å². The Kier molecular flexibility index (Phi) is 6.71. The average molecular weight is 451 g/mol. The monoisotopic (exact) mass is 450 g/mol. The number of pyridine rings is 1. The number of rotatable bonds is 6. The molecule has 4 aromatic rings. The normalized spacial score (nSPS) is 15.1. The van der Waals surface area contributed by atoms with E-state index < -0.39 is 0 Å². The number of aromatic nitrogens is 5. The first-order valence-corrected chi connectivity index (χ1v) is 10.8. The molecule has 0 unspecified atom stereocenters. The summed E-state index contributed by atoms with van der Waals surface area (Å²) in [6.45, 7) is 3.17. The molecule has 0 radical (unpaired) electrons. The van der Waals surface area contributed by atoms with Gasteiger partial charge in [0.1, 0.15) is 17.7 Å². The highest BCUT2D eigenvalue weighted by molar-refractivity contribution is 5.89. The first-order valence-electron chi connectivity index (χ1n) is 10.8. The minimum atomic E-state index is -0.261. The van der Waals surface area contributed by atoms with Crippen LogP contribution < -0.4 is 10.4 Å². The summed E-state index contributed by atoms with van der Waals surface area (Å²) in [5, 5.41) is 4.98. The third-order valence-corrected chi connectivity index (χ3v) is 6.15. The van der Waals surface area contributed by atoms with Crippen molar-refractivity contribution in [2.75, 3.05) is 27.3 Å². The molecule has 5 rings (SSSR count). The first-order chi connectivity index (χ1) is 15.7. The van der Waals surface area contributed by atoms with Crippen molar-refractivity contribution in [3.63, 3.8) is 0 Å². The Balaban J connectivity index is 0.00000259. The van der Waals surface area contributed by atoms with Crippen LogP contribution >= 0.6 is 0 Å². The number of hydrogen-bond donors (Lipinski definition) is 0. The van der Waals surface area contributed by atoms with Crippen LogP contribution in [0.4, 0.5) is 0 Å². The fourth-order valence-electron chi connectivity index (χ4n) is 4.35. The number of benzene rings is 1. The molecule has 1 saturated heterocycles. The SMILES string of the molecule is C.COc1ccc(Cn2c(=O)n3ncnc3c3cc(CN4CCC(OC)CC4)cnc32)cc1. The van der Waals surface area contributed by atoms with Crippen molar-refractivity contribution in [2.24, 2.45) is 0 Å². The second kappa shape index (κ2) is 9.68. The van der Waals surface area contributed by atoms with Crippen LogP contribution in [0.2, 0.25) is 0 Å². The summed E-state index contributed by atoms with van der Waals surface area (Å²) < 4.78 is 13.7. The van der Waals surface area contributed by atoms with Gasteiger partial charge in [-0.2, -0.15) is 9.61 Å². The van der Waals surface area contributed by atoms with E-state index in [2.05, 4.69) is 21.0 Å². The molecule has 9 heteroatoms. The molecule has 4 heterocycles. The Morgan fingerprint density at radius 1 is 1.00 bits per heavy atom. The van der Waals surface area contributed by atoms with Gasteiger partial charge in [-0.1, -0.05) is 19.6 Å². The molecule has 0 saturated carbocycles.